The normalized spacial score (nSPS) is 14.0. The second-order valence-corrected chi connectivity index (χ2v) is 9.52. The van der Waals surface area contributed by atoms with Gasteiger partial charge in [-0.2, -0.15) is 0 Å². The van der Waals surface area contributed by atoms with Gasteiger partial charge in [0.2, 0.25) is 0 Å². The molecular formula is C28H30ClNO3S. The molecule has 0 saturated carbocycles. The molecule has 6 heteroatoms. The van der Waals surface area contributed by atoms with Crippen molar-refractivity contribution < 1.29 is 14.6 Å². The molecule has 0 atom stereocenters. The fourth-order valence-corrected chi connectivity index (χ4v) is 5.37. The Hall–Kier alpha value is -2.73. The molecule has 0 radical (unpaired) electrons. The van der Waals surface area contributed by atoms with Gasteiger partial charge in [-0.05, 0) is 104 Å². The van der Waals surface area contributed by atoms with Crippen LogP contribution in [0.15, 0.2) is 66.0 Å². The third kappa shape index (κ3) is 5.49. The Bertz CT molecular complexity index is 1230. The van der Waals surface area contributed by atoms with Crippen LogP contribution in [0, 0.1) is 6.92 Å². The van der Waals surface area contributed by atoms with Crippen LogP contribution >= 0.6 is 23.7 Å². The van der Waals surface area contributed by atoms with Crippen molar-refractivity contribution in [1.29, 1.82) is 0 Å². The van der Waals surface area contributed by atoms with Gasteiger partial charge < -0.3 is 14.6 Å². The summed E-state index contributed by atoms with van der Waals surface area (Å²) in [7, 11) is 0. The molecule has 1 aromatic heterocycles. The Balaban J connectivity index is 0.00000274. The molecule has 0 bridgehead atoms. The monoisotopic (exact) mass is 495 g/mol. The van der Waals surface area contributed by atoms with Gasteiger partial charge in [0, 0.05) is 22.4 Å². The van der Waals surface area contributed by atoms with Gasteiger partial charge in [0.1, 0.15) is 29.6 Å². The summed E-state index contributed by atoms with van der Waals surface area (Å²) in [5, 5.41) is 14.0. The van der Waals surface area contributed by atoms with E-state index in [1.165, 1.54) is 42.8 Å². The topological polar surface area (TPSA) is 41.9 Å². The van der Waals surface area contributed by atoms with Crippen molar-refractivity contribution in [3.63, 3.8) is 0 Å². The van der Waals surface area contributed by atoms with Gasteiger partial charge in [-0.15, -0.1) is 23.7 Å². The van der Waals surface area contributed by atoms with E-state index < -0.39 is 0 Å². The molecule has 4 aromatic rings. The Kier molecular flexibility index (Phi) is 7.99. The van der Waals surface area contributed by atoms with E-state index in [2.05, 4.69) is 29.3 Å². The quantitative estimate of drug-likeness (QED) is 0.285. The van der Waals surface area contributed by atoms with Gasteiger partial charge in [0.25, 0.3) is 0 Å². The molecule has 1 aliphatic rings. The summed E-state index contributed by atoms with van der Waals surface area (Å²) >= 11 is 1.71. The summed E-state index contributed by atoms with van der Waals surface area (Å²) in [4.78, 5) is 3.67. The number of aromatic hydroxyl groups is 1. The number of ether oxygens (including phenoxy) is 2. The third-order valence-corrected chi connectivity index (χ3v) is 7.28. The van der Waals surface area contributed by atoms with Crippen LogP contribution in [0.4, 0.5) is 0 Å². The molecule has 1 aliphatic heterocycles. The number of rotatable bonds is 7. The van der Waals surface area contributed by atoms with Gasteiger partial charge in [0.05, 0.1) is 0 Å². The summed E-state index contributed by atoms with van der Waals surface area (Å²) in [5.74, 6) is 2.67. The first kappa shape index (κ1) is 24.4. The summed E-state index contributed by atoms with van der Waals surface area (Å²) in [6.07, 6.45) is 3.95. The maximum Gasteiger partial charge on any atom is 0.143 e. The van der Waals surface area contributed by atoms with Crippen LogP contribution < -0.4 is 9.47 Å². The van der Waals surface area contributed by atoms with Gasteiger partial charge in [-0.25, -0.2) is 0 Å². The Morgan fingerprint density at radius 2 is 1.68 bits per heavy atom. The number of hydrogen-bond acceptors (Lipinski definition) is 5. The van der Waals surface area contributed by atoms with E-state index in [4.69, 9.17) is 9.47 Å². The molecule has 1 fully saturated rings. The molecule has 0 unspecified atom stereocenters. The van der Waals surface area contributed by atoms with Crippen LogP contribution in [0.1, 0.15) is 24.8 Å². The minimum atomic E-state index is 0. The number of nitrogens with zero attached hydrogens (tertiary/aromatic N) is 1. The predicted molar refractivity (Wildman–Crippen MR) is 143 cm³/mol. The van der Waals surface area contributed by atoms with Gasteiger partial charge in [-0.3, -0.25) is 4.90 Å². The molecular weight excluding hydrogens is 466 g/mol. The second-order valence-electron chi connectivity index (χ2n) is 8.60. The number of aryl methyl sites for hydroxylation is 1. The van der Waals surface area contributed by atoms with E-state index in [1.54, 1.807) is 23.5 Å². The van der Waals surface area contributed by atoms with Gasteiger partial charge >= 0.3 is 0 Å². The van der Waals surface area contributed by atoms with Crippen molar-refractivity contribution >= 4 is 34.5 Å². The number of halogens is 1. The van der Waals surface area contributed by atoms with Crippen LogP contribution in [0.5, 0.6) is 23.0 Å². The first-order valence-electron chi connectivity index (χ1n) is 11.6. The number of benzene rings is 3. The molecule has 1 saturated heterocycles. The number of phenols is 1. The molecule has 2 heterocycles. The van der Waals surface area contributed by atoms with Crippen molar-refractivity contribution in [1.82, 2.24) is 4.90 Å². The number of likely N-dealkylation sites (tertiary alicyclic amines) is 1. The highest BCUT2D eigenvalue weighted by atomic mass is 35.5. The highest BCUT2D eigenvalue weighted by Crippen LogP contribution is 2.43. The fraction of sp³-hybridized carbons (Fsp3) is 0.286. The molecule has 178 valence electrons. The molecule has 34 heavy (non-hydrogen) atoms. The molecule has 0 aliphatic carbocycles. The molecule has 0 amide bonds. The summed E-state index contributed by atoms with van der Waals surface area (Å²) in [6, 6.07) is 19.5. The van der Waals surface area contributed by atoms with E-state index in [0.717, 1.165) is 40.1 Å². The smallest absolute Gasteiger partial charge is 0.143 e. The van der Waals surface area contributed by atoms with Gasteiger partial charge in [0.15, 0.2) is 0 Å². The molecule has 3 aromatic carbocycles. The fourth-order valence-electron chi connectivity index (χ4n) is 4.42. The van der Waals surface area contributed by atoms with Crippen molar-refractivity contribution in [2.24, 2.45) is 0 Å². The Labute approximate surface area is 211 Å². The van der Waals surface area contributed by atoms with Crippen molar-refractivity contribution in [3.05, 3.63) is 71.6 Å². The van der Waals surface area contributed by atoms with Crippen molar-refractivity contribution in [2.75, 3.05) is 26.2 Å². The number of phenolic OH excluding ortho intramolecular Hbond substituents is 1. The summed E-state index contributed by atoms with van der Waals surface area (Å²) < 4.78 is 12.4. The minimum absolute atomic E-state index is 0. The number of thiophene rings is 1. The van der Waals surface area contributed by atoms with E-state index in [9.17, 15) is 5.11 Å². The zero-order valence-electron chi connectivity index (χ0n) is 19.3. The van der Waals surface area contributed by atoms with Crippen LogP contribution in [0.2, 0.25) is 0 Å². The predicted octanol–water partition coefficient (Wildman–Crippen LogP) is 7.66. The van der Waals surface area contributed by atoms with Crippen LogP contribution in [-0.2, 0) is 0 Å². The average molecular weight is 496 g/mol. The van der Waals surface area contributed by atoms with E-state index in [1.807, 2.05) is 36.4 Å². The van der Waals surface area contributed by atoms with Crippen LogP contribution in [-0.4, -0.2) is 36.2 Å². The zero-order chi connectivity index (χ0) is 22.6. The van der Waals surface area contributed by atoms with Crippen LogP contribution in [0.3, 0.4) is 0 Å². The standard InChI is InChI=1S/C28H29NO3S.ClH/c1-20-13-18-33-28(20)26-11-5-21-19-22(30)6-12-25(21)27(26)32-24-9-7-23(8-10-24)31-17-16-29-14-3-2-4-15-29;/h5-13,18-19,30H,2-4,14-17H2,1H3;1H. The van der Waals surface area contributed by atoms with E-state index in [-0.39, 0.29) is 18.2 Å². The maximum atomic E-state index is 9.94. The lowest BCUT2D eigenvalue weighted by Crippen LogP contribution is -2.33. The number of fused-ring (bicyclic) bond motifs is 1. The lowest BCUT2D eigenvalue weighted by Gasteiger charge is -2.26. The first-order chi connectivity index (χ1) is 16.2. The minimum Gasteiger partial charge on any atom is -0.508 e. The second kappa shape index (κ2) is 11.1. The molecule has 1 N–H and O–H groups in total. The van der Waals surface area contributed by atoms with Crippen molar-refractivity contribution in [2.45, 2.75) is 26.2 Å². The largest absolute Gasteiger partial charge is 0.508 e. The summed E-state index contributed by atoms with van der Waals surface area (Å²) in [6.45, 7) is 6.17. The zero-order valence-corrected chi connectivity index (χ0v) is 21.0. The van der Waals surface area contributed by atoms with E-state index in [0.29, 0.717) is 6.61 Å². The lowest BCUT2D eigenvalue weighted by molar-refractivity contribution is 0.183. The SMILES string of the molecule is Cc1ccsc1-c1ccc2cc(O)ccc2c1Oc1ccc(OCCN2CCCCC2)cc1.Cl. The molecule has 0 spiro atoms. The molecule has 4 nitrogen and oxygen atoms in total. The summed E-state index contributed by atoms with van der Waals surface area (Å²) in [5.41, 5.74) is 2.28. The van der Waals surface area contributed by atoms with Crippen LogP contribution in [0.25, 0.3) is 21.2 Å². The maximum absolute atomic E-state index is 9.94. The highest BCUT2D eigenvalue weighted by molar-refractivity contribution is 7.13. The highest BCUT2D eigenvalue weighted by Gasteiger charge is 2.16. The Morgan fingerprint density at radius 3 is 2.41 bits per heavy atom. The number of piperidine rings is 1. The Morgan fingerprint density at radius 1 is 0.912 bits per heavy atom. The van der Waals surface area contributed by atoms with E-state index >= 15 is 0 Å². The molecule has 5 rings (SSSR count). The first-order valence-corrected chi connectivity index (χ1v) is 12.5. The third-order valence-electron chi connectivity index (χ3n) is 6.23. The lowest BCUT2D eigenvalue weighted by atomic mass is 10.0. The number of hydrogen-bond donors (Lipinski definition) is 1. The average Bonchev–Trinajstić information content (AvgIpc) is 3.26. The van der Waals surface area contributed by atoms with Crippen molar-refractivity contribution in [3.8, 4) is 33.4 Å². The van der Waals surface area contributed by atoms with Gasteiger partial charge in [-0.1, -0.05) is 12.5 Å².